The van der Waals surface area contributed by atoms with Crippen LogP contribution in [-0.4, -0.2) is 42.7 Å². The van der Waals surface area contributed by atoms with Crippen molar-refractivity contribution >= 4 is 23.6 Å². The molecule has 0 fully saturated rings. The van der Waals surface area contributed by atoms with Gasteiger partial charge >= 0.3 is 0 Å². The van der Waals surface area contributed by atoms with Crippen LogP contribution in [-0.2, 0) is 21.9 Å². The molecule has 5 nitrogen and oxygen atoms in total. The minimum absolute atomic E-state index is 0.159. The summed E-state index contributed by atoms with van der Waals surface area (Å²) in [6.07, 6.45) is 0. The Morgan fingerprint density at radius 2 is 1.86 bits per heavy atom. The lowest BCUT2D eigenvalue weighted by molar-refractivity contribution is -0.138. The first-order valence-corrected chi connectivity index (χ1v) is 10.1. The minimum Gasteiger partial charge on any atom is -0.497 e. The van der Waals surface area contributed by atoms with Gasteiger partial charge in [0.1, 0.15) is 17.6 Å². The van der Waals surface area contributed by atoms with Crippen LogP contribution < -0.4 is 10.1 Å². The lowest BCUT2D eigenvalue weighted by atomic mass is 10.1. The molecule has 0 heterocycles. The number of benzene rings is 2. The van der Waals surface area contributed by atoms with Gasteiger partial charge < -0.3 is 15.0 Å². The highest BCUT2D eigenvalue weighted by Crippen LogP contribution is 2.19. The number of nitrogens with zero attached hydrogens (tertiary/aromatic N) is 1. The van der Waals surface area contributed by atoms with Crippen LogP contribution in [0.5, 0.6) is 5.75 Å². The third-order valence-electron chi connectivity index (χ3n) is 4.37. The fourth-order valence-corrected chi connectivity index (χ4v) is 3.56. The Bertz CT molecular complexity index is 798. The number of amides is 2. The fourth-order valence-electron chi connectivity index (χ4n) is 2.67. The Hall–Kier alpha value is -2.54. The number of carbonyl (C=O) groups is 2. The van der Waals surface area contributed by atoms with Gasteiger partial charge in [0.05, 0.1) is 12.9 Å². The molecular weight excluding hydrogens is 379 g/mol. The van der Waals surface area contributed by atoms with Crippen molar-refractivity contribution in [2.75, 3.05) is 19.9 Å². The molecule has 2 aromatic carbocycles. The molecule has 1 unspecified atom stereocenters. The number of nitrogens with one attached hydrogen (secondary N) is 1. The van der Waals surface area contributed by atoms with Gasteiger partial charge in [-0.1, -0.05) is 30.3 Å². The second-order valence-electron chi connectivity index (χ2n) is 6.24. The Balaban J connectivity index is 2.05. The van der Waals surface area contributed by atoms with Gasteiger partial charge in [-0.25, -0.2) is 4.39 Å². The van der Waals surface area contributed by atoms with Gasteiger partial charge in [-0.05, 0) is 36.2 Å². The Morgan fingerprint density at radius 1 is 1.18 bits per heavy atom. The molecule has 0 aliphatic heterocycles. The van der Waals surface area contributed by atoms with E-state index in [-0.39, 0.29) is 23.4 Å². The number of ether oxygens (including phenoxy) is 1. The number of rotatable bonds is 9. The topological polar surface area (TPSA) is 58.6 Å². The molecule has 1 atom stereocenters. The molecule has 7 heteroatoms. The summed E-state index contributed by atoms with van der Waals surface area (Å²) in [6.45, 7) is 2.00. The summed E-state index contributed by atoms with van der Waals surface area (Å²) in [4.78, 5) is 26.5. The summed E-state index contributed by atoms with van der Waals surface area (Å²) in [5, 5.41) is 2.58. The van der Waals surface area contributed by atoms with E-state index in [1.165, 1.54) is 22.7 Å². The van der Waals surface area contributed by atoms with E-state index in [1.807, 2.05) is 24.3 Å². The van der Waals surface area contributed by atoms with Crippen molar-refractivity contribution in [1.82, 2.24) is 10.2 Å². The second kappa shape index (κ2) is 10.7. The van der Waals surface area contributed by atoms with Crippen LogP contribution in [0.2, 0.25) is 0 Å². The molecule has 2 rings (SSSR count). The third-order valence-corrected chi connectivity index (χ3v) is 5.33. The van der Waals surface area contributed by atoms with Crippen molar-refractivity contribution in [3.05, 3.63) is 65.5 Å². The molecule has 0 radical (unpaired) electrons. The highest BCUT2D eigenvalue weighted by Gasteiger charge is 2.25. The van der Waals surface area contributed by atoms with Crippen LogP contribution >= 0.6 is 11.8 Å². The SMILES string of the molecule is CNC(=O)C(C)N(Cc1ccc(OC)cc1)C(=O)CSCc1ccccc1F. The van der Waals surface area contributed by atoms with Crippen LogP contribution in [0.15, 0.2) is 48.5 Å². The molecule has 2 aromatic rings. The number of hydrogen-bond donors (Lipinski definition) is 1. The lowest BCUT2D eigenvalue weighted by Crippen LogP contribution is -2.47. The standard InChI is InChI=1S/C21H25FN2O3S/c1-15(21(26)23-2)24(12-16-8-10-18(27-3)11-9-16)20(25)14-28-13-17-6-4-5-7-19(17)22/h4-11,15H,12-14H2,1-3H3,(H,23,26). The van der Waals surface area contributed by atoms with Crippen molar-refractivity contribution in [3.63, 3.8) is 0 Å². The predicted molar refractivity (Wildman–Crippen MR) is 110 cm³/mol. The van der Waals surface area contributed by atoms with Crippen molar-refractivity contribution in [2.45, 2.75) is 25.3 Å². The molecule has 0 saturated carbocycles. The normalized spacial score (nSPS) is 11.6. The number of methoxy groups -OCH3 is 1. The van der Waals surface area contributed by atoms with Gasteiger partial charge in [-0.2, -0.15) is 0 Å². The zero-order valence-corrected chi connectivity index (χ0v) is 17.1. The molecule has 150 valence electrons. The van der Waals surface area contributed by atoms with Crippen LogP contribution in [0.1, 0.15) is 18.1 Å². The van der Waals surface area contributed by atoms with E-state index in [1.54, 1.807) is 39.3 Å². The van der Waals surface area contributed by atoms with Crippen molar-refractivity contribution in [3.8, 4) is 5.75 Å². The number of halogens is 1. The van der Waals surface area contributed by atoms with Crippen LogP contribution in [0.3, 0.4) is 0 Å². The molecule has 1 N–H and O–H groups in total. The molecule has 0 aliphatic rings. The minimum atomic E-state index is -0.617. The van der Waals surface area contributed by atoms with Crippen LogP contribution in [0.25, 0.3) is 0 Å². The first-order valence-electron chi connectivity index (χ1n) is 8.91. The van der Waals surface area contributed by atoms with E-state index in [9.17, 15) is 14.0 Å². The number of carbonyl (C=O) groups excluding carboxylic acids is 2. The first kappa shape index (κ1) is 21.8. The monoisotopic (exact) mass is 404 g/mol. The van der Waals surface area contributed by atoms with Gasteiger partial charge in [0.2, 0.25) is 11.8 Å². The Morgan fingerprint density at radius 3 is 2.46 bits per heavy atom. The number of thioether (sulfide) groups is 1. The summed E-state index contributed by atoms with van der Waals surface area (Å²) in [5.74, 6) is 0.585. The molecule has 28 heavy (non-hydrogen) atoms. The quantitative estimate of drug-likeness (QED) is 0.697. The summed E-state index contributed by atoms with van der Waals surface area (Å²) in [7, 11) is 3.13. The highest BCUT2D eigenvalue weighted by molar-refractivity contribution is 7.99. The predicted octanol–water partition coefficient (Wildman–Crippen LogP) is 3.23. The number of likely N-dealkylation sites (N-methyl/N-ethyl adjacent to an activating group) is 1. The van der Waals surface area contributed by atoms with E-state index in [2.05, 4.69) is 5.32 Å². The maximum Gasteiger partial charge on any atom is 0.242 e. The number of hydrogen-bond acceptors (Lipinski definition) is 4. The average molecular weight is 405 g/mol. The molecular formula is C21H25FN2O3S. The molecule has 2 amide bonds. The van der Waals surface area contributed by atoms with Crippen LogP contribution in [0, 0.1) is 5.82 Å². The zero-order chi connectivity index (χ0) is 20.5. The van der Waals surface area contributed by atoms with Crippen molar-refractivity contribution in [1.29, 1.82) is 0 Å². The Labute approximate surface area is 169 Å². The smallest absolute Gasteiger partial charge is 0.242 e. The van der Waals surface area contributed by atoms with Gasteiger partial charge in [-0.3, -0.25) is 9.59 Å². The van der Waals surface area contributed by atoms with E-state index in [4.69, 9.17) is 4.74 Å². The van der Waals surface area contributed by atoms with Crippen LogP contribution in [0.4, 0.5) is 4.39 Å². The summed E-state index contributed by atoms with van der Waals surface area (Å²) >= 11 is 1.33. The van der Waals surface area contributed by atoms with Gasteiger partial charge in [0, 0.05) is 19.3 Å². The van der Waals surface area contributed by atoms with Crippen molar-refractivity contribution in [2.24, 2.45) is 0 Å². The summed E-state index contributed by atoms with van der Waals surface area (Å²) in [6, 6.07) is 13.3. The highest BCUT2D eigenvalue weighted by atomic mass is 32.2. The van der Waals surface area contributed by atoms with Gasteiger partial charge in [0.25, 0.3) is 0 Å². The van der Waals surface area contributed by atoms with E-state index in [0.717, 1.165) is 11.3 Å². The van der Waals surface area contributed by atoms with Crippen molar-refractivity contribution < 1.29 is 18.7 Å². The van der Waals surface area contributed by atoms with E-state index in [0.29, 0.717) is 17.9 Å². The molecule has 0 aromatic heterocycles. The largest absolute Gasteiger partial charge is 0.497 e. The maximum atomic E-state index is 13.7. The third kappa shape index (κ3) is 5.99. The molecule has 0 spiro atoms. The molecule has 0 aliphatic carbocycles. The summed E-state index contributed by atoms with van der Waals surface area (Å²) < 4.78 is 18.9. The first-order chi connectivity index (χ1) is 13.5. The second-order valence-corrected chi connectivity index (χ2v) is 7.23. The van der Waals surface area contributed by atoms with Gasteiger partial charge in [-0.15, -0.1) is 11.8 Å². The lowest BCUT2D eigenvalue weighted by Gasteiger charge is -2.28. The zero-order valence-electron chi connectivity index (χ0n) is 16.3. The van der Waals surface area contributed by atoms with E-state index < -0.39 is 6.04 Å². The van der Waals surface area contributed by atoms with E-state index >= 15 is 0 Å². The Kier molecular flexibility index (Phi) is 8.32. The molecule has 0 saturated heterocycles. The summed E-state index contributed by atoms with van der Waals surface area (Å²) in [5.41, 5.74) is 1.45. The average Bonchev–Trinajstić information content (AvgIpc) is 2.72. The molecule has 0 bridgehead atoms. The maximum absolute atomic E-state index is 13.7. The van der Waals surface area contributed by atoms with Gasteiger partial charge in [0.15, 0.2) is 0 Å². The fraction of sp³-hybridized carbons (Fsp3) is 0.333.